The molecule has 1 amide bonds. The van der Waals surface area contributed by atoms with Crippen LogP contribution in [0.4, 0.5) is 17.6 Å². The summed E-state index contributed by atoms with van der Waals surface area (Å²) in [7, 11) is 0. The Labute approximate surface area is 388 Å². The Morgan fingerprint density at radius 3 is 1.79 bits per heavy atom. The summed E-state index contributed by atoms with van der Waals surface area (Å²) in [6.07, 6.45) is 15.4. The molecule has 1 aromatic rings. The Balaban J connectivity index is -0.000000420. The number of ketones is 2. The summed E-state index contributed by atoms with van der Waals surface area (Å²) < 4.78 is 54.2. The molecule has 1 aliphatic carbocycles. The van der Waals surface area contributed by atoms with E-state index in [4.69, 9.17) is 11.1 Å². The Morgan fingerprint density at radius 1 is 0.905 bits per heavy atom. The number of thioether (sulfide) groups is 2. The van der Waals surface area contributed by atoms with Gasteiger partial charge in [0.05, 0.1) is 11.8 Å². The lowest BCUT2D eigenvalue weighted by atomic mass is 9.77. The molecule has 0 fully saturated rings. The molecule has 1 unspecified atom stereocenters. The topological polar surface area (TPSA) is 139 Å². The predicted molar refractivity (Wildman–Crippen MR) is 268 cm³/mol. The first-order valence-corrected chi connectivity index (χ1v) is 23.8. The van der Waals surface area contributed by atoms with Gasteiger partial charge in [0.25, 0.3) is 11.8 Å². The van der Waals surface area contributed by atoms with Gasteiger partial charge in [-0.15, -0.1) is 30.1 Å². The van der Waals surface area contributed by atoms with Crippen LogP contribution in [0.5, 0.6) is 0 Å². The zero-order valence-electron chi connectivity index (χ0n) is 41.3. The number of nitrogens with one attached hydrogen (secondary N) is 1. The molecule has 0 heterocycles. The van der Waals surface area contributed by atoms with Crippen molar-refractivity contribution < 1.29 is 31.9 Å². The second-order valence-electron chi connectivity index (χ2n) is 15.4. The number of Topliss-reactive ketones (excluding diaryl/α,β-unsaturated/α-hetero) is 2. The predicted octanol–water partition coefficient (Wildman–Crippen LogP) is 14.8. The van der Waals surface area contributed by atoms with Crippen LogP contribution in [-0.4, -0.2) is 47.0 Å². The highest BCUT2D eigenvalue weighted by atomic mass is 32.2. The standard InChI is InChI=1S/C22H28F2N2O2S.C11H16F2S.C7H14O.C7H14.C2H6.CH4N2/c1-8-26-17(11-14(4)20(25)28)19(27)21(5,6)16-12-15(22(7,23)24)10-13(3)18(16)29-9-2;1-4-14-10-6-5-9(7-8(10)2)11(3,12)13;1-3-4-5-6-7(2)8;1-4-5-6-7(2)3;1-2;2-1-3/h8,10-12H,1,9H2,2-7H3,(H2,25,28);6-7,9H,4-5H2,1-3H3;3-6H2,1-2H3;2,4-6H2,1,3H3;1-2H3;1H,(H3,2,3)/b14-11+,26-17?;;;;;. The monoisotopic (exact) mass is 927 g/mol. The maximum absolute atomic E-state index is 14.1. The summed E-state index contributed by atoms with van der Waals surface area (Å²) in [5.74, 6) is -5.35. The van der Waals surface area contributed by atoms with Gasteiger partial charge in [-0.05, 0) is 127 Å². The van der Waals surface area contributed by atoms with Crippen molar-refractivity contribution in [3.63, 3.8) is 0 Å². The molecule has 0 radical (unpaired) electrons. The van der Waals surface area contributed by atoms with Gasteiger partial charge in [0.1, 0.15) is 11.5 Å². The minimum absolute atomic E-state index is 0.0138. The number of alkyl halides is 4. The van der Waals surface area contributed by atoms with Gasteiger partial charge < -0.3 is 16.3 Å². The van der Waals surface area contributed by atoms with Crippen molar-refractivity contribution in [3.05, 3.63) is 88.0 Å². The molecule has 13 heteroatoms. The molecule has 0 spiro atoms. The van der Waals surface area contributed by atoms with E-state index >= 15 is 0 Å². The zero-order valence-corrected chi connectivity index (χ0v) is 42.9. The minimum atomic E-state index is -3.05. The first kappa shape index (κ1) is 65.9. The zero-order chi connectivity index (χ0) is 50.1. The van der Waals surface area contributed by atoms with Gasteiger partial charge in [0.15, 0.2) is 5.78 Å². The summed E-state index contributed by atoms with van der Waals surface area (Å²) in [5.41, 5.74) is 11.9. The Morgan fingerprint density at radius 2 is 1.43 bits per heavy atom. The van der Waals surface area contributed by atoms with Gasteiger partial charge in [-0.2, -0.15) is 0 Å². The van der Waals surface area contributed by atoms with Crippen LogP contribution in [-0.2, 0) is 25.7 Å². The normalized spacial score (nSPS) is 13.7. The Hall–Kier alpha value is -3.71. The highest BCUT2D eigenvalue weighted by Gasteiger charge is 2.37. The molecule has 360 valence electrons. The number of benzene rings is 1. The number of carbonyl (C=O) groups excluding carboxylic acids is 3. The number of amides is 1. The highest BCUT2D eigenvalue weighted by molar-refractivity contribution is 8.03. The number of carbonyl (C=O) groups is 3. The summed E-state index contributed by atoms with van der Waals surface area (Å²) >= 11 is 3.21. The lowest BCUT2D eigenvalue weighted by molar-refractivity contribution is -0.117. The maximum atomic E-state index is 14.1. The molecule has 1 aliphatic rings. The average Bonchev–Trinajstić information content (AvgIpc) is 3.19. The van der Waals surface area contributed by atoms with Crippen molar-refractivity contribution in [1.29, 1.82) is 5.41 Å². The minimum Gasteiger partial charge on any atom is -0.390 e. The van der Waals surface area contributed by atoms with Crippen molar-refractivity contribution in [2.24, 2.45) is 22.4 Å². The maximum Gasteiger partial charge on any atom is 0.270 e. The van der Waals surface area contributed by atoms with Crippen LogP contribution in [0, 0.1) is 18.3 Å². The fourth-order valence-corrected chi connectivity index (χ4v) is 7.30. The second-order valence-corrected chi connectivity index (χ2v) is 17.9. The molecule has 63 heavy (non-hydrogen) atoms. The number of hydrogen-bond donors (Lipinski definition) is 3. The number of nitrogens with two attached hydrogens (primary N) is 2. The van der Waals surface area contributed by atoms with Crippen molar-refractivity contribution in [2.45, 2.75) is 177 Å². The van der Waals surface area contributed by atoms with Gasteiger partial charge in [0.2, 0.25) is 5.91 Å². The van der Waals surface area contributed by atoms with Crippen molar-refractivity contribution in [3.8, 4) is 0 Å². The van der Waals surface area contributed by atoms with Gasteiger partial charge >= 0.3 is 0 Å². The SMILES string of the molecule is C=C(C)CCCC.C=CN=C(/C=C(\C)C(N)=O)C(=O)C(C)(C)c1cc(C(C)(F)F)cc(C)c1SCC.CC.CCCCCC(C)=O.CCSC1=CCC(C(C)(F)F)C=C1C.N=CN. The fourth-order valence-electron chi connectivity index (χ4n) is 5.44. The van der Waals surface area contributed by atoms with E-state index in [1.165, 1.54) is 80.8 Å². The molecule has 7 nitrogen and oxygen atoms in total. The van der Waals surface area contributed by atoms with Crippen LogP contribution < -0.4 is 11.5 Å². The molecular formula is C50H82F4N4O3S2. The molecule has 0 bridgehead atoms. The summed E-state index contributed by atoms with van der Waals surface area (Å²) in [4.78, 5) is 41.0. The number of allylic oxidation sites excluding steroid dienone is 5. The van der Waals surface area contributed by atoms with E-state index in [-0.39, 0.29) is 16.8 Å². The van der Waals surface area contributed by atoms with Crippen molar-refractivity contribution in [2.75, 3.05) is 11.5 Å². The number of rotatable bonds is 19. The lowest BCUT2D eigenvalue weighted by Gasteiger charge is -2.29. The summed E-state index contributed by atoms with van der Waals surface area (Å²) in [6, 6.07) is 2.84. The van der Waals surface area contributed by atoms with Gasteiger partial charge in [-0.3, -0.25) is 20.0 Å². The van der Waals surface area contributed by atoms with E-state index in [2.05, 4.69) is 51.6 Å². The van der Waals surface area contributed by atoms with Crippen LogP contribution in [0.3, 0.4) is 0 Å². The number of nitrogens with zero attached hydrogens (tertiary/aromatic N) is 1. The third kappa shape index (κ3) is 29.4. The van der Waals surface area contributed by atoms with Crippen LogP contribution in [0.2, 0.25) is 0 Å². The largest absolute Gasteiger partial charge is 0.390 e. The number of aliphatic imine (C=N–C) groups is 1. The van der Waals surface area contributed by atoms with E-state index in [9.17, 15) is 31.9 Å². The van der Waals surface area contributed by atoms with Crippen molar-refractivity contribution in [1.82, 2.24) is 0 Å². The van der Waals surface area contributed by atoms with Gasteiger partial charge in [0, 0.05) is 46.4 Å². The van der Waals surface area contributed by atoms with Gasteiger partial charge in [-0.1, -0.05) is 85.1 Å². The Bertz CT molecular complexity index is 1690. The molecule has 1 atom stereocenters. The Kier molecular flexibility index (Phi) is 37.3. The number of aryl methyl sites for hydroxylation is 1. The van der Waals surface area contributed by atoms with Crippen LogP contribution in [0.25, 0.3) is 0 Å². The third-order valence-corrected chi connectivity index (χ3v) is 11.2. The first-order chi connectivity index (χ1) is 29.2. The molecular weight excluding hydrogens is 845 g/mol. The molecule has 0 saturated carbocycles. The molecule has 0 aliphatic heterocycles. The van der Waals surface area contributed by atoms with E-state index < -0.39 is 34.9 Å². The summed E-state index contributed by atoms with van der Waals surface area (Å²) in [5, 5.41) is 5.86. The number of unbranched alkanes of at least 4 members (excludes halogenated alkanes) is 3. The lowest BCUT2D eigenvalue weighted by Crippen LogP contribution is -2.36. The molecule has 5 N–H and O–H groups in total. The number of halogens is 4. The van der Waals surface area contributed by atoms with Gasteiger partial charge in [-0.25, -0.2) is 17.6 Å². The molecule has 0 aromatic heterocycles. The van der Waals surface area contributed by atoms with E-state index in [0.717, 1.165) is 54.2 Å². The van der Waals surface area contributed by atoms with Crippen LogP contribution in [0.1, 0.15) is 165 Å². The molecule has 0 saturated heterocycles. The summed E-state index contributed by atoms with van der Waals surface area (Å²) in [6.45, 7) is 33.7. The average molecular weight is 927 g/mol. The third-order valence-electron chi connectivity index (χ3n) is 8.95. The van der Waals surface area contributed by atoms with Crippen LogP contribution >= 0.6 is 23.5 Å². The van der Waals surface area contributed by atoms with E-state index in [1.54, 1.807) is 45.5 Å². The quantitative estimate of drug-likeness (QED) is 0.0240. The smallest absolute Gasteiger partial charge is 0.270 e. The van der Waals surface area contributed by atoms with E-state index in [1.807, 2.05) is 33.8 Å². The van der Waals surface area contributed by atoms with E-state index in [0.29, 0.717) is 29.1 Å². The van der Waals surface area contributed by atoms with Crippen LogP contribution in [0.15, 0.2) is 81.2 Å². The number of primary amides is 1. The first-order valence-electron chi connectivity index (χ1n) is 21.8. The molecule has 2 rings (SSSR count). The number of hydrogen-bond acceptors (Lipinski definition) is 7. The van der Waals surface area contributed by atoms with Crippen molar-refractivity contribution >= 4 is 53.0 Å². The molecule has 1 aromatic carbocycles. The highest BCUT2D eigenvalue weighted by Crippen LogP contribution is 2.41. The second kappa shape index (κ2) is 35.6. The fraction of sp³-hybridized carbons (Fsp3) is 0.580.